The van der Waals surface area contributed by atoms with Gasteiger partial charge in [0.15, 0.2) is 0 Å². The van der Waals surface area contributed by atoms with E-state index in [0.717, 1.165) is 5.44 Å². The maximum absolute atomic E-state index is 5.05. The summed E-state index contributed by atoms with van der Waals surface area (Å²) in [6.45, 7) is 0. The molecule has 4 aromatic carbocycles. The Hall–Kier alpha value is -3.11. The van der Waals surface area contributed by atoms with Gasteiger partial charge in [-0.3, -0.25) is 4.98 Å². The van der Waals surface area contributed by atoms with E-state index in [1.54, 1.807) is 0 Å². The number of hydrogen-bond donors (Lipinski definition) is 0. The van der Waals surface area contributed by atoms with E-state index in [4.69, 9.17) is 4.98 Å². The molecule has 0 aliphatic carbocycles. The third-order valence-corrected chi connectivity index (χ3v) is 10.0. The minimum Gasteiger partial charge on any atom is -0.255 e. The number of aromatic nitrogens is 1. The van der Waals surface area contributed by atoms with Crippen LogP contribution in [0.2, 0.25) is 0 Å². The quantitative estimate of drug-likeness (QED) is 0.347. The highest BCUT2D eigenvalue weighted by Gasteiger charge is 2.20. The number of pyridine rings is 1. The van der Waals surface area contributed by atoms with Gasteiger partial charge in [-0.2, -0.15) is 0 Å². The van der Waals surface area contributed by atoms with Crippen molar-refractivity contribution < 1.29 is 0 Å². The summed E-state index contributed by atoms with van der Waals surface area (Å²) < 4.78 is 0. The number of nitrogens with zero attached hydrogens (tertiary/aromatic N) is 1. The molecule has 0 spiro atoms. The molecule has 0 saturated heterocycles. The standard InChI is InChI=1S/C29H23NP2/c1-5-13-24(14-6-1)31(25-15-7-2-8-16-25)28-21-22-29(30-23-28)32(26-17-9-3-10-18-26)27-19-11-4-12-20-27/h1-23H. The highest BCUT2D eigenvalue weighted by molar-refractivity contribution is 7.80. The molecule has 0 bridgehead atoms. The predicted octanol–water partition coefficient (Wildman–Crippen LogP) is 4.60. The van der Waals surface area contributed by atoms with Crippen molar-refractivity contribution in [2.24, 2.45) is 0 Å². The lowest BCUT2D eigenvalue weighted by Crippen LogP contribution is -2.26. The van der Waals surface area contributed by atoms with Crippen LogP contribution in [0.25, 0.3) is 0 Å². The molecule has 0 radical (unpaired) electrons. The van der Waals surface area contributed by atoms with E-state index in [-0.39, 0.29) is 0 Å². The smallest absolute Gasteiger partial charge is 0.0721 e. The molecule has 0 aliphatic rings. The van der Waals surface area contributed by atoms with Gasteiger partial charge < -0.3 is 0 Å². The highest BCUT2D eigenvalue weighted by Crippen LogP contribution is 2.34. The second kappa shape index (κ2) is 10.0. The lowest BCUT2D eigenvalue weighted by atomic mass is 10.4. The predicted molar refractivity (Wildman–Crippen MR) is 142 cm³/mol. The van der Waals surface area contributed by atoms with Crippen molar-refractivity contribution in [3.63, 3.8) is 0 Å². The first-order chi connectivity index (χ1) is 15.9. The van der Waals surface area contributed by atoms with E-state index < -0.39 is 15.8 Å². The third kappa shape index (κ3) is 4.56. The molecular weight excluding hydrogens is 424 g/mol. The van der Waals surface area contributed by atoms with E-state index in [0.29, 0.717) is 0 Å². The summed E-state index contributed by atoms with van der Waals surface area (Å²) in [6.07, 6.45) is 2.10. The van der Waals surface area contributed by atoms with Crippen molar-refractivity contribution in [3.8, 4) is 0 Å². The Morgan fingerprint density at radius 3 is 1.06 bits per heavy atom. The van der Waals surface area contributed by atoms with Crippen molar-refractivity contribution in [2.75, 3.05) is 0 Å². The Morgan fingerprint density at radius 1 is 0.344 bits per heavy atom. The van der Waals surface area contributed by atoms with Crippen molar-refractivity contribution in [2.45, 2.75) is 0 Å². The second-order valence-corrected chi connectivity index (χ2v) is 11.8. The van der Waals surface area contributed by atoms with Crippen molar-refractivity contribution in [1.29, 1.82) is 0 Å². The molecule has 0 unspecified atom stereocenters. The van der Waals surface area contributed by atoms with Crippen LogP contribution in [0.3, 0.4) is 0 Å². The second-order valence-electron chi connectivity index (χ2n) is 7.39. The number of benzene rings is 4. The largest absolute Gasteiger partial charge is 0.255 e. The normalized spacial score (nSPS) is 11.1. The molecule has 5 rings (SSSR count). The molecule has 0 atom stereocenters. The summed E-state index contributed by atoms with van der Waals surface area (Å²) in [7, 11) is -1.33. The van der Waals surface area contributed by atoms with Crippen LogP contribution in [-0.4, -0.2) is 4.98 Å². The van der Waals surface area contributed by atoms with E-state index in [2.05, 4.69) is 140 Å². The molecular formula is C29H23NP2. The highest BCUT2D eigenvalue weighted by atomic mass is 31.1. The maximum atomic E-state index is 5.05. The van der Waals surface area contributed by atoms with Gasteiger partial charge in [-0.15, -0.1) is 0 Å². The summed E-state index contributed by atoms with van der Waals surface area (Å²) in [6, 6.07) is 47.6. The molecule has 0 aliphatic heterocycles. The fourth-order valence-electron chi connectivity index (χ4n) is 3.81. The summed E-state index contributed by atoms with van der Waals surface area (Å²) >= 11 is 0. The summed E-state index contributed by atoms with van der Waals surface area (Å²) in [5.74, 6) is 0. The van der Waals surface area contributed by atoms with Crippen molar-refractivity contribution in [1.82, 2.24) is 4.98 Å². The summed E-state index contributed by atoms with van der Waals surface area (Å²) in [5, 5.41) is 6.61. The summed E-state index contributed by atoms with van der Waals surface area (Å²) in [4.78, 5) is 5.05. The zero-order valence-corrected chi connectivity index (χ0v) is 19.4. The fourth-order valence-corrected chi connectivity index (χ4v) is 8.21. The first-order valence-electron chi connectivity index (χ1n) is 10.7. The molecule has 1 heterocycles. The Kier molecular flexibility index (Phi) is 6.50. The number of hydrogen-bond acceptors (Lipinski definition) is 1. The first-order valence-corrected chi connectivity index (χ1v) is 13.3. The van der Waals surface area contributed by atoms with Crippen molar-refractivity contribution in [3.05, 3.63) is 140 Å². The van der Waals surface area contributed by atoms with Crippen LogP contribution in [0.1, 0.15) is 0 Å². The SMILES string of the molecule is c1ccc(P(c2ccccc2)c2ccc(P(c3ccccc3)c3ccccc3)nc2)cc1. The Labute approximate surface area is 192 Å². The van der Waals surface area contributed by atoms with Gasteiger partial charge in [0.05, 0.1) is 5.44 Å². The Bertz CT molecular complexity index is 1060. The van der Waals surface area contributed by atoms with E-state index in [9.17, 15) is 0 Å². The summed E-state index contributed by atoms with van der Waals surface area (Å²) in [5.41, 5.74) is 1.14. The van der Waals surface area contributed by atoms with E-state index in [1.807, 2.05) is 0 Å². The Balaban J connectivity index is 1.57. The van der Waals surface area contributed by atoms with Crippen LogP contribution >= 0.6 is 15.8 Å². The molecule has 0 fully saturated rings. The van der Waals surface area contributed by atoms with E-state index >= 15 is 0 Å². The monoisotopic (exact) mass is 447 g/mol. The van der Waals surface area contributed by atoms with Crippen LogP contribution < -0.4 is 32.0 Å². The molecule has 0 saturated carbocycles. The molecule has 1 aromatic heterocycles. The van der Waals surface area contributed by atoms with Gasteiger partial charge in [0.1, 0.15) is 0 Å². The van der Waals surface area contributed by atoms with Gasteiger partial charge in [-0.25, -0.2) is 0 Å². The topological polar surface area (TPSA) is 12.9 Å². The lowest BCUT2D eigenvalue weighted by molar-refractivity contribution is 1.41. The average molecular weight is 447 g/mol. The van der Waals surface area contributed by atoms with Gasteiger partial charge in [-0.05, 0) is 35.2 Å². The minimum absolute atomic E-state index is 0.641. The van der Waals surface area contributed by atoms with Crippen LogP contribution in [0.4, 0.5) is 0 Å². The van der Waals surface area contributed by atoms with Gasteiger partial charge in [0, 0.05) is 19.4 Å². The van der Waals surface area contributed by atoms with Gasteiger partial charge in [0.2, 0.25) is 0 Å². The van der Waals surface area contributed by atoms with Crippen molar-refractivity contribution >= 4 is 47.8 Å². The third-order valence-electron chi connectivity index (χ3n) is 5.28. The van der Waals surface area contributed by atoms with Crippen LogP contribution in [0.15, 0.2) is 140 Å². The van der Waals surface area contributed by atoms with Crippen LogP contribution in [0, 0.1) is 0 Å². The fraction of sp³-hybridized carbons (Fsp3) is 0. The van der Waals surface area contributed by atoms with Gasteiger partial charge in [0.25, 0.3) is 0 Å². The molecule has 1 nitrogen and oxygen atoms in total. The minimum atomic E-state index is -0.690. The molecule has 32 heavy (non-hydrogen) atoms. The van der Waals surface area contributed by atoms with Crippen LogP contribution in [0.5, 0.6) is 0 Å². The maximum Gasteiger partial charge on any atom is 0.0721 e. The zero-order chi connectivity index (χ0) is 21.6. The molecule has 3 heteroatoms. The van der Waals surface area contributed by atoms with E-state index in [1.165, 1.54) is 26.5 Å². The number of rotatable bonds is 6. The lowest BCUT2D eigenvalue weighted by Gasteiger charge is -2.21. The molecule has 0 amide bonds. The molecule has 5 aromatic rings. The average Bonchev–Trinajstić information content (AvgIpc) is 2.88. The van der Waals surface area contributed by atoms with Crippen LogP contribution in [-0.2, 0) is 0 Å². The Morgan fingerprint density at radius 2 is 0.719 bits per heavy atom. The zero-order valence-electron chi connectivity index (χ0n) is 17.6. The molecule has 154 valence electrons. The molecule has 0 N–H and O–H groups in total. The van der Waals surface area contributed by atoms with Gasteiger partial charge in [-0.1, -0.05) is 127 Å². The van der Waals surface area contributed by atoms with Gasteiger partial charge >= 0.3 is 0 Å². The first kappa shape index (κ1) is 20.8.